The molecule has 7 nitrogen and oxygen atoms in total. The molecule has 0 bridgehead atoms. The first-order valence-corrected chi connectivity index (χ1v) is 11.0. The van der Waals surface area contributed by atoms with Gasteiger partial charge in [0.1, 0.15) is 0 Å². The first-order valence-electron chi connectivity index (χ1n) is 11.0. The number of carbonyl (C=O) groups excluding carboxylic acids is 1. The van der Waals surface area contributed by atoms with E-state index in [0.29, 0.717) is 6.54 Å². The molecule has 4 heterocycles. The molecule has 0 aromatic carbocycles. The summed E-state index contributed by atoms with van der Waals surface area (Å²) in [6.45, 7) is 8.47. The lowest BCUT2D eigenvalue weighted by molar-refractivity contribution is -0.129. The van der Waals surface area contributed by atoms with Crippen molar-refractivity contribution < 1.29 is 4.79 Å². The summed E-state index contributed by atoms with van der Waals surface area (Å²) in [6.07, 6.45) is 11.2. The summed E-state index contributed by atoms with van der Waals surface area (Å²) in [7, 11) is 2.03. The van der Waals surface area contributed by atoms with Gasteiger partial charge in [-0.05, 0) is 36.8 Å². The van der Waals surface area contributed by atoms with Gasteiger partial charge in [-0.2, -0.15) is 10.2 Å². The Morgan fingerprint density at radius 1 is 1.27 bits per heavy atom. The van der Waals surface area contributed by atoms with E-state index in [4.69, 9.17) is 5.10 Å². The Balaban J connectivity index is 1.75. The summed E-state index contributed by atoms with van der Waals surface area (Å²) in [5.74, 6) is 1.17. The first-order chi connectivity index (χ1) is 14.5. The van der Waals surface area contributed by atoms with E-state index < -0.39 is 0 Å². The summed E-state index contributed by atoms with van der Waals surface area (Å²) >= 11 is 0. The molecule has 0 fully saturated rings. The number of nitrogens with zero attached hydrogens (tertiary/aromatic N) is 5. The smallest absolute Gasteiger partial charge is 0.219 e. The van der Waals surface area contributed by atoms with Crippen LogP contribution in [0.15, 0.2) is 29.7 Å². The molecule has 7 heteroatoms. The maximum absolute atomic E-state index is 12.0. The van der Waals surface area contributed by atoms with Crippen LogP contribution in [0, 0.1) is 0 Å². The van der Waals surface area contributed by atoms with E-state index >= 15 is 0 Å². The fourth-order valence-electron chi connectivity index (χ4n) is 4.77. The van der Waals surface area contributed by atoms with Crippen molar-refractivity contribution in [3.63, 3.8) is 0 Å². The van der Waals surface area contributed by atoms with E-state index in [1.165, 1.54) is 28.1 Å². The number of hydrogen-bond acceptors (Lipinski definition) is 4. The minimum Gasteiger partial charge on any atom is -0.338 e. The fraction of sp³-hybridized carbons (Fsp3) is 0.522. The Hall–Kier alpha value is -2.83. The molecule has 1 N–H and O–H groups in total. The summed E-state index contributed by atoms with van der Waals surface area (Å²) < 4.78 is 2.02. The lowest BCUT2D eigenvalue weighted by Crippen LogP contribution is -2.36. The second kappa shape index (κ2) is 8.50. The number of aromatic amines is 1. The van der Waals surface area contributed by atoms with Crippen molar-refractivity contribution >= 4 is 17.3 Å². The van der Waals surface area contributed by atoms with Crippen LogP contribution >= 0.6 is 0 Å². The monoisotopic (exact) mass is 408 g/mol. The SMILES string of the molecule is CCC1=C(/C=C(\CC)c2cn[nH]c2)CCCN1c1nn(C)c2c1CN(C(C)=O)CC2. The Morgan fingerprint density at radius 3 is 2.77 bits per heavy atom. The van der Waals surface area contributed by atoms with Crippen molar-refractivity contribution in [1.29, 1.82) is 0 Å². The molecular formula is C23H32N6O. The third-order valence-electron chi connectivity index (χ3n) is 6.38. The summed E-state index contributed by atoms with van der Waals surface area (Å²) in [4.78, 5) is 16.3. The molecule has 0 aliphatic carbocycles. The van der Waals surface area contributed by atoms with Gasteiger partial charge in [0.15, 0.2) is 5.82 Å². The van der Waals surface area contributed by atoms with Crippen molar-refractivity contribution in [2.75, 3.05) is 18.0 Å². The van der Waals surface area contributed by atoms with Crippen molar-refractivity contribution in [1.82, 2.24) is 24.9 Å². The maximum Gasteiger partial charge on any atom is 0.219 e. The number of fused-ring (bicyclic) bond motifs is 1. The molecule has 2 aromatic rings. The second-order valence-electron chi connectivity index (χ2n) is 8.15. The number of anilines is 1. The molecule has 0 saturated carbocycles. The van der Waals surface area contributed by atoms with Crippen LogP contribution in [0.5, 0.6) is 0 Å². The fourth-order valence-corrected chi connectivity index (χ4v) is 4.77. The molecule has 1 amide bonds. The van der Waals surface area contributed by atoms with E-state index in [1.54, 1.807) is 6.92 Å². The Bertz CT molecular complexity index is 982. The predicted octanol–water partition coefficient (Wildman–Crippen LogP) is 3.81. The number of hydrogen-bond donors (Lipinski definition) is 1. The van der Waals surface area contributed by atoms with Gasteiger partial charge in [0.2, 0.25) is 5.91 Å². The number of allylic oxidation sites excluding steroid dienone is 4. The average molecular weight is 409 g/mol. The molecule has 0 saturated heterocycles. The van der Waals surface area contributed by atoms with Crippen molar-refractivity contribution in [3.8, 4) is 0 Å². The molecule has 30 heavy (non-hydrogen) atoms. The zero-order valence-electron chi connectivity index (χ0n) is 18.5. The minimum atomic E-state index is 0.136. The van der Waals surface area contributed by atoms with Gasteiger partial charge in [0.25, 0.3) is 0 Å². The van der Waals surface area contributed by atoms with Crippen molar-refractivity contribution in [2.45, 2.75) is 59.4 Å². The molecule has 2 aromatic heterocycles. The van der Waals surface area contributed by atoms with Gasteiger partial charge < -0.3 is 9.80 Å². The van der Waals surface area contributed by atoms with Crippen molar-refractivity contribution in [3.05, 3.63) is 46.6 Å². The molecule has 2 aliphatic heterocycles. The number of H-pyrrole nitrogens is 1. The highest BCUT2D eigenvalue weighted by molar-refractivity contribution is 5.74. The van der Waals surface area contributed by atoms with Gasteiger partial charge in [0, 0.05) is 62.2 Å². The summed E-state index contributed by atoms with van der Waals surface area (Å²) in [5, 5.41) is 12.0. The standard InChI is InChI=1S/C23H32N6O/c1-5-17(19-13-24-25-14-19)12-18-8-7-10-29(21(18)6-2)23-20-15-28(16(3)30)11-9-22(20)27(4)26-23/h12-14H,5-11,15H2,1-4H3,(H,24,25)/b17-12+. The number of amides is 1. The zero-order valence-corrected chi connectivity index (χ0v) is 18.5. The molecule has 2 aliphatic rings. The lowest BCUT2D eigenvalue weighted by Gasteiger charge is -2.34. The largest absolute Gasteiger partial charge is 0.338 e. The third-order valence-corrected chi connectivity index (χ3v) is 6.38. The Labute approximate surface area is 178 Å². The molecule has 0 spiro atoms. The first kappa shape index (κ1) is 20.4. The topological polar surface area (TPSA) is 70.1 Å². The highest BCUT2D eigenvalue weighted by Gasteiger charge is 2.30. The number of rotatable bonds is 5. The van der Waals surface area contributed by atoms with Crippen LogP contribution in [0.2, 0.25) is 0 Å². The van der Waals surface area contributed by atoms with E-state index in [1.807, 2.05) is 29.0 Å². The predicted molar refractivity (Wildman–Crippen MR) is 119 cm³/mol. The van der Waals surface area contributed by atoms with Gasteiger partial charge >= 0.3 is 0 Å². The maximum atomic E-state index is 12.0. The van der Waals surface area contributed by atoms with Gasteiger partial charge in [-0.3, -0.25) is 14.6 Å². The van der Waals surface area contributed by atoms with E-state index in [-0.39, 0.29) is 5.91 Å². The van der Waals surface area contributed by atoms with Crippen LogP contribution in [0.3, 0.4) is 0 Å². The quantitative estimate of drug-likeness (QED) is 0.817. The van der Waals surface area contributed by atoms with Crippen LogP contribution < -0.4 is 4.90 Å². The Morgan fingerprint density at radius 2 is 2.10 bits per heavy atom. The van der Waals surface area contributed by atoms with Crippen LogP contribution in [0.1, 0.15) is 63.3 Å². The molecular weight excluding hydrogens is 376 g/mol. The number of nitrogens with one attached hydrogen (secondary N) is 1. The summed E-state index contributed by atoms with van der Waals surface area (Å²) in [5.41, 5.74) is 7.66. The molecule has 0 unspecified atom stereocenters. The van der Waals surface area contributed by atoms with Crippen molar-refractivity contribution in [2.24, 2.45) is 7.05 Å². The van der Waals surface area contributed by atoms with E-state index in [0.717, 1.165) is 56.6 Å². The highest BCUT2D eigenvalue weighted by atomic mass is 16.2. The van der Waals surface area contributed by atoms with Crippen LogP contribution in [0.25, 0.3) is 5.57 Å². The van der Waals surface area contributed by atoms with Gasteiger partial charge in [-0.25, -0.2) is 0 Å². The van der Waals surface area contributed by atoms with Crippen LogP contribution in [-0.4, -0.2) is 43.9 Å². The zero-order chi connectivity index (χ0) is 21.3. The minimum absolute atomic E-state index is 0.136. The Kier molecular flexibility index (Phi) is 5.79. The number of aryl methyl sites for hydroxylation is 1. The lowest BCUT2D eigenvalue weighted by atomic mass is 9.95. The summed E-state index contributed by atoms with van der Waals surface area (Å²) in [6, 6.07) is 0. The average Bonchev–Trinajstić information content (AvgIpc) is 3.40. The molecule has 4 rings (SSSR count). The number of aromatic nitrogens is 4. The normalized spacial score (nSPS) is 17.5. The number of carbonyl (C=O) groups is 1. The van der Waals surface area contributed by atoms with E-state index in [2.05, 4.69) is 35.0 Å². The van der Waals surface area contributed by atoms with E-state index in [9.17, 15) is 4.79 Å². The van der Waals surface area contributed by atoms with Gasteiger partial charge in [-0.15, -0.1) is 0 Å². The molecule has 160 valence electrons. The molecule has 0 atom stereocenters. The second-order valence-corrected chi connectivity index (χ2v) is 8.15. The van der Waals surface area contributed by atoms with Gasteiger partial charge in [-0.1, -0.05) is 19.9 Å². The highest BCUT2D eigenvalue weighted by Crippen LogP contribution is 2.36. The van der Waals surface area contributed by atoms with Crippen LogP contribution in [0.4, 0.5) is 5.82 Å². The van der Waals surface area contributed by atoms with Gasteiger partial charge in [0.05, 0.1) is 12.7 Å². The molecule has 0 radical (unpaired) electrons. The van der Waals surface area contributed by atoms with Crippen LogP contribution in [-0.2, 0) is 24.8 Å². The third kappa shape index (κ3) is 3.68.